The summed E-state index contributed by atoms with van der Waals surface area (Å²) in [5.74, 6) is 0. The summed E-state index contributed by atoms with van der Waals surface area (Å²) in [5.41, 5.74) is 1.53. The van der Waals surface area contributed by atoms with Gasteiger partial charge in [-0.05, 0) is 57.4 Å². The molecule has 0 amide bonds. The summed E-state index contributed by atoms with van der Waals surface area (Å²) in [6, 6.07) is 10.7. The van der Waals surface area contributed by atoms with Crippen LogP contribution in [0.25, 0.3) is 0 Å². The first-order valence-electron chi connectivity index (χ1n) is 6.95. The van der Waals surface area contributed by atoms with Gasteiger partial charge < -0.3 is 10.2 Å². The smallest absolute Gasteiger partial charge is 0.271 e. The number of thiophene rings is 1. The van der Waals surface area contributed by atoms with Crippen LogP contribution in [0.15, 0.2) is 40.6 Å². The van der Waals surface area contributed by atoms with Gasteiger partial charge in [0.1, 0.15) is 4.21 Å². The molecule has 0 fully saturated rings. The number of hydrogen-bond acceptors (Lipinski definition) is 5. The number of anilines is 2. The van der Waals surface area contributed by atoms with E-state index in [1.54, 1.807) is 24.3 Å². The summed E-state index contributed by atoms with van der Waals surface area (Å²) >= 11 is 1.26. The van der Waals surface area contributed by atoms with E-state index >= 15 is 0 Å². The highest BCUT2D eigenvalue weighted by atomic mass is 32.2. The normalized spacial score (nSPS) is 11.6. The lowest BCUT2D eigenvalue weighted by Gasteiger charge is -2.12. The average molecular weight is 339 g/mol. The second-order valence-electron chi connectivity index (χ2n) is 5.28. The van der Waals surface area contributed by atoms with Crippen LogP contribution in [0.1, 0.15) is 4.88 Å². The van der Waals surface area contributed by atoms with Crippen LogP contribution < -0.4 is 10.0 Å². The predicted octanol–water partition coefficient (Wildman–Crippen LogP) is 2.83. The number of likely N-dealkylation sites (N-methyl/N-ethyl adjacent to an activating group) is 1. The molecule has 1 aromatic heterocycles. The van der Waals surface area contributed by atoms with Crippen molar-refractivity contribution in [3.63, 3.8) is 0 Å². The fourth-order valence-electron chi connectivity index (χ4n) is 1.84. The molecule has 0 aliphatic carbocycles. The predicted molar refractivity (Wildman–Crippen MR) is 93.4 cm³/mol. The Bertz CT molecular complexity index is 707. The Labute approximate surface area is 136 Å². The van der Waals surface area contributed by atoms with E-state index in [4.69, 9.17) is 0 Å². The second kappa shape index (κ2) is 7.13. The van der Waals surface area contributed by atoms with Crippen molar-refractivity contribution in [1.29, 1.82) is 0 Å². The standard InChI is InChI=1S/C15H21N3O2S2/c1-12-4-9-15(21-12)22(19,20)17-14-7-5-13(6-8-14)16-10-11-18(2)3/h4-9,16-17H,10-11H2,1-3H3. The molecule has 1 aromatic carbocycles. The van der Waals surface area contributed by atoms with Crippen LogP contribution in [-0.4, -0.2) is 40.5 Å². The molecule has 0 aliphatic heterocycles. The van der Waals surface area contributed by atoms with Crippen LogP contribution in [0, 0.1) is 6.92 Å². The topological polar surface area (TPSA) is 61.4 Å². The summed E-state index contributed by atoms with van der Waals surface area (Å²) in [6.45, 7) is 3.66. The van der Waals surface area contributed by atoms with Crippen molar-refractivity contribution in [2.45, 2.75) is 11.1 Å². The van der Waals surface area contributed by atoms with Crippen molar-refractivity contribution in [3.8, 4) is 0 Å². The first-order chi connectivity index (χ1) is 10.4. The summed E-state index contributed by atoms with van der Waals surface area (Å²) in [5, 5.41) is 3.28. The molecule has 7 heteroatoms. The van der Waals surface area contributed by atoms with Crippen molar-refractivity contribution in [2.75, 3.05) is 37.2 Å². The molecule has 0 unspecified atom stereocenters. The van der Waals surface area contributed by atoms with Crippen molar-refractivity contribution < 1.29 is 8.42 Å². The summed E-state index contributed by atoms with van der Waals surface area (Å²) in [4.78, 5) is 3.07. The third kappa shape index (κ3) is 4.72. The van der Waals surface area contributed by atoms with E-state index in [0.717, 1.165) is 23.7 Å². The van der Waals surface area contributed by atoms with Gasteiger partial charge >= 0.3 is 0 Å². The molecule has 2 aromatic rings. The van der Waals surface area contributed by atoms with Gasteiger partial charge in [-0.25, -0.2) is 8.42 Å². The van der Waals surface area contributed by atoms with Crippen molar-refractivity contribution in [1.82, 2.24) is 4.90 Å². The van der Waals surface area contributed by atoms with Gasteiger partial charge in [0, 0.05) is 29.3 Å². The second-order valence-corrected chi connectivity index (χ2v) is 8.48. The van der Waals surface area contributed by atoms with E-state index in [1.807, 2.05) is 33.2 Å². The Kier molecular flexibility index (Phi) is 5.44. The highest BCUT2D eigenvalue weighted by Gasteiger charge is 2.16. The Morgan fingerprint density at radius 1 is 1.05 bits per heavy atom. The molecule has 5 nitrogen and oxygen atoms in total. The first kappa shape index (κ1) is 16.8. The van der Waals surface area contributed by atoms with E-state index in [2.05, 4.69) is 14.9 Å². The Morgan fingerprint density at radius 3 is 2.23 bits per heavy atom. The van der Waals surface area contributed by atoms with E-state index in [9.17, 15) is 8.42 Å². The molecule has 0 bridgehead atoms. The summed E-state index contributed by atoms with van der Waals surface area (Å²) < 4.78 is 27.4. The molecular weight excluding hydrogens is 318 g/mol. The van der Waals surface area contributed by atoms with Gasteiger partial charge in [0.25, 0.3) is 10.0 Å². The van der Waals surface area contributed by atoms with Crippen LogP contribution in [0.4, 0.5) is 11.4 Å². The third-order valence-corrected chi connectivity index (χ3v) is 5.88. The van der Waals surface area contributed by atoms with Crippen LogP contribution in [0.5, 0.6) is 0 Å². The lowest BCUT2D eigenvalue weighted by molar-refractivity contribution is 0.425. The quantitative estimate of drug-likeness (QED) is 0.814. The molecule has 2 N–H and O–H groups in total. The molecule has 120 valence electrons. The number of hydrogen-bond donors (Lipinski definition) is 2. The van der Waals surface area contributed by atoms with Crippen LogP contribution in [0.3, 0.4) is 0 Å². The minimum atomic E-state index is -3.49. The largest absolute Gasteiger partial charge is 0.384 e. The zero-order valence-corrected chi connectivity index (χ0v) is 14.6. The van der Waals surface area contributed by atoms with Gasteiger partial charge in [0.2, 0.25) is 0 Å². The summed E-state index contributed by atoms with van der Waals surface area (Å²) in [6.07, 6.45) is 0. The van der Waals surface area contributed by atoms with Crippen LogP contribution in [0.2, 0.25) is 0 Å². The zero-order chi connectivity index (χ0) is 16.2. The maximum Gasteiger partial charge on any atom is 0.271 e. The number of nitrogens with one attached hydrogen (secondary N) is 2. The highest BCUT2D eigenvalue weighted by Crippen LogP contribution is 2.24. The van der Waals surface area contributed by atoms with Crippen LogP contribution >= 0.6 is 11.3 Å². The average Bonchev–Trinajstić information content (AvgIpc) is 2.88. The van der Waals surface area contributed by atoms with Gasteiger partial charge in [0.15, 0.2) is 0 Å². The highest BCUT2D eigenvalue weighted by molar-refractivity contribution is 7.94. The molecule has 0 saturated carbocycles. The molecule has 0 aliphatic rings. The minimum Gasteiger partial charge on any atom is -0.384 e. The Balaban J connectivity index is 1.99. The number of benzene rings is 1. The monoisotopic (exact) mass is 339 g/mol. The van der Waals surface area contributed by atoms with Gasteiger partial charge in [-0.2, -0.15) is 0 Å². The molecule has 0 spiro atoms. The third-order valence-electron chi connectivity index (χ3n) is 3.01. The van der Waals surface area contributed by atoms with E-state index in [0.29, 0.717) is 9.90 Å². The fraction of sp³-hybridized carbons (Fsp3) is 0.333. The number of sulfonamides is 1. The lowest BCUT2D eigenvalue weighted by atomic mass is 10.3. The Morgan fingerprint density at radius 2 is 1.68 bits per heavy atom. The molecule has 0 radical (unpaired) electrons. The number of aryl methyl sites for hydroxylation is 1. The Hall–Kier alpha value is -1.57. The maximum absolute atomic E-state index is 12.2. The molecule has 0 atom stereocenters. The first-order valence-corrected chi connectivity index (χ1v) is 9.25. The van der Waals surface area contributed by atoms with E-state index in [-0.39, 0.29) is 0 Å². The van der Waals surface area contributed by atoms with Crippen molar-refractivity contribution >= 4 is 32.7 Å². The lowest BCUT2D eigenvalue weighted by Crippen LogP contribution is -2.20. The molecule has 2 rings (SSSR count). The molecule has 22 heavy (non-hydrogen) atoms. The number of nitrogens with zero attached hydrogens (tertiary/aromatic N) is 1. The van der Waals surface area contributed by atoms with Crippen molar-refractivity contribution in [2.24, 2.45) is 0 Å². The fourth-order valence-corrected chi connectivity index (χ4v) is 4.18. The van der Waals surface area contributed by atoms with Gasteiger partial charge in [-0.3, -0.25) is 4.72 Å². The molecular formula is C15H21N3O2S2. The van der Waals surface area contributed by atoms with Gasteiger partial charge in [-0.15, -0.1) is 11.3 Å². The van der Waals surface area contributed by atoms with E-state index in [1.165, 1.54) is 11.3 Å². The minimum absolute atomic E-state index is 0.332. The maximum atomic E-state index is 12.2. The summed E-state index contributed by atoms with van der Waals surface area (Å²) in [7, 11) is 0.547. The van der Waals surface area contributed by atoms with Gasteiger partial charge in [-0.1, -0.05) is 0 Å². The van der Waals surface area contributed by atoms with Crippen molar-refractivity contribution in [3.05, 3.63) is 41.3 Å². The zero-order valence-electron chi connectivity index (χ0n) is 13.0. The molecule has 1 heterocycles. The SMILES string of the molecule is Cc1ccc(S(=O)(=O)Nc2ccc(NCCN(C)C)cc2)s1. The number of rotatable bonds is 7. The van der Waals surface area contributed by atoms with Crippen LogP contribution in [-0.2, 0) is 10.0 Å². The molecule has 0 saturated heterocycles. The van der Waals surface area contributed by atoms with Gasteiger partial charge in [0.05, 0.1) is 0 Å². The van der Waals surface area contributed by atoms with E-state index < -0.39 is 10.0 Å².